The molecule has 3 aromatic rings. The zero-order chi connectivity index (χ0) is 23.6. The maximum atomic E-state index is 12.5. The Labute approximate surface area is 188 Å². The fraction of sp³-hybridized carbons (Fsp3) is 0.542. The molecule has 8 heteroatoms. The first-order valence-corrected chi connectivity index (χ1v) is 11.3. The van der Waals surface area contributed by atoms with E-state index >= 15 is 0 Å². The molecular weight excluding hydrogens is 406 g/mol. The zero-order valence-electron chi connectivity index (χ0n) is 20.0. The molecule has 0 saturated carbocycles. The number of phenolic OH excluding ortho intramolecular Hbond substituents is 1. The molecule has 2 N–H and O–H groups in total. The average Bonchev–Trinajstić information content (AvgIpc) is 3.17. The molecule has 0 saturated heterocycles. The first-order valence-electron chi connectivity index (χ1n) is 11.3. The molecule has 0 bridgehead atoms. The summed E-state index contributed by atoms with van der Waals surface area (Å²) in [5, 5.41) is 14.0. The molecule has 8 nitrogen and oxygen atoms in total. The molecule has 0 aliphatic carbocycles. The third-order valence-corrected chi connectivity index (χ3v) is 6.03. The van der Waals surface area contributed by atoms with Gasteiger partial charge in [0.05, 0.1) is 6.33 Å². The van der Waals surface area contributed by atoms with Crippen molar-refractivity contribution in [2.45, 2.75) is 58.9 Å². The predicted octanol–water partition coefficient (Wildman–Crippen LogP) is 2.61. The van der Waals surface area contributed by atoms with Gasteiger partial charge in [-0.3, -0.25) is 13.9 Å². The molecule has 0 aliphatic heterocycles. The van der Waals surface area contributed by atoms with Crippen LogP contribution >= 0.6 is 0 Å². The van der Waals surface area contributed by atoms with Gasteiger partial charge in [-0.05, 0) is 54.5 Å². The summed E-state index contributed by atoms with van der Waals surface area (Å²) in [7, 11) is 3.11. The second-order valence-corrected chi connectivity index (χ2v) is 9.10. The highest BCUT2D eigenvalue weighted by Gasteiger charge is 2.15. The van der Waals surface area contributed by atoms with E-state index in [0.717, 1.165) is 41.6 Å². The van der Waals surface area contributed by atoms with Crippen LogP contribution in [0, 0.1) is 0 Å². The Balaban J connectivity index is 1.58. The number of rotatable bonds is 9. The van der Waals surface area contributed by atoms with Crippen LogP contribution < -0.4 is 16.6 Å². The van der Waals surface area contributed by atoms with E-state index in [1.165, 1.54) is 17.2 Å². The predicted molar refractivity (Wildman–Crippen MR) is 128 cm³/mol. The second kappa shape index (κ2) is 9.73. The van der Waals surface area contributed by atoms with Crippen LogP contribution in [0.4, 0.5) is 0 Å². The van der Waals surface area contributed by atoms with Crippen molar-refractivity contribution < 1.29 is 5.11 Å². The summed E-state index contributed by atoms with van der Waals surface area (Å²) < 4.78 is 4.34. The van der Waals surface area contributed by atoms with E-state index in [-0.39, 0.29) is 23.1 Å². The number of aromatic hydroxyl groups is 1. The Morgan fingerprint density at radius 1 is 1.00 bits per heavy atom. The summed E-state index contributed by atoms with van der Waals surface area (Å²) in [6.07, 6.45) is 3.35. The standard InChI is InChI=1S/C24H35N5O3/c1-15(2)18-12-17(13-19(16(3)4)21(18)30)8-10-25-9-7-11-29-14-26-22-20(29)23(31)28(6)24(32)27(22)5/h12-16,25,30H,7-11H2,1-6H3. The van der Waals surface area contributed by atoms with Gasteiger partial charge in [-0.2, -0.15) is 0 Å². The molecule has 0 spiro atoms. The summed E-state index contributed by atoms with van der Waals surface area (Å²) in [5.41, 5.74) is 3.44. The second-order valence-electron chi connectivity index (χ2n) is 9.10. The number of aromatic nitrogens is 4. The first kappa shape index (κ1) is 23.8. The fourth-order valence-electron chi connectivity index (χ4n) is 4.07. The van der Waals surface area contributed by atoms with Crippen molar-refractivity contribution in [2.24, 2.45) is 14.1 Å². The number of fused-ring (bicyclic) bond motifs is 1. The van der Waals surface area contributed by atoms with Crippen LogP contribution in [0.5, 0.6) is 5.75 Å². The lowest BCUT2D eigenvalue weighted by Gasteiger charge is -2.17. The molecule has 2 aromatic heterocycles. The number of aryl methyl sites for hydroxylation is 2. The minimum Gasteiger partial charge on any atom is -0.507 e. The Morgan fingerprint density at radius 2 is 1.62 bits per heavy atom. The van der Waals surface area contributed by atoms with Crippen LogP contribution in [0.15, 0.2) is 28.0 Å². The number of phenols is 1. The van der Waals surface area contributed by atoms with Gasteiger partial charge in [0.2, 0.25) is 0 Å². The van der Waals surface area contributed by atoms with Gasteiger partial charge >= 0.3 is 5.69 Å². The quantitative estimate of drug-likeness (QED) is 0.498. The minimum atomic E-state index is -0.370. The molecule has 3 rings (SSSR count). The molecule has 0 radical (unpaired) electrons. The number of nitrogens with one attached hydrogen (secondary N) is 1. The van der Waals surface area contributed by atoms with E-state index in [1.807, 2.05) is 4.57 Å². The van der Waals surface area contributed by atoms with Crippen LogP contribution in [0.1, 0.15) is 62.6 Å². The van der Waals surface area contributed by atoms with Gasteiger partial charge in [-0.1, -0.05) is 39.8 Å². The third-order valence-electron chi connectivity index (χ3n) is 6.03. The number of benzene rings is 1. The maximum absolute atomic E-state index is 12.5. The van der Waals surface area contributed by atoms with Crippen LogP contribution in [-0.2, 0) is 27.1 Å². The monoisotopic (exact) mass is 441 g/mol. The molecule has 2 heterocycles. The van der Waals surface area contributed by atoms with Gasteiger partial charge in [0, 0.05) is 20.6 Å². The van der Waals surface area contributed by atoms with Crippen molar-refractivity contribution in [3.8, 4) is 5.75 Å². The largest absolute Gasteiger partial charge is 0.507 e. The van der Waals surface area contributed by atoms with Gasteiger partial charge < -0.3 is 15.0 Å². The summed E-state index contributed by atoms with van der Waals surface area (Å²) in [6.45, 7) is 10.7. The number of hydrogen-bond donors (Lipinski definition) is 2. The van der Waals surface area contributed by atoms with Gasteiger partial charge in [0.25, 0.3) is 5.56 Å². The van der Waals surface area contributed by atoms with E-state index in [0.29, 0.717) is 23.5 Å². The van der Waals surface area contributed by atoms with Crippen molar-refractivity contribution >= 4 is 11.2 Å². The summed E-state index contributed by atoms with van der Waals surface area (Å²) >= 11 is 0. The van der Waals surface area contributed by atoms with Crippen LogP contribution in [0.2, 0.25) is 0 Å². The summed E-state index contributed by atoms with van der Waals surface area (Å²) in [6, 6.07) is 4.23. The molecule has 32 heavy (non-hydrogen) atoms. The highest BCUT2D eigenvalue weighted by Crippen LogP contribution is 2.34. The summed E-state index contributed by atoms with van der Waals surface area (Å²) in [5.74, 6) is 0.984. The molecule has 0 atom stereocenters. The lowest BCUT2D eigenvalue weighted by atomic mass is 9.91. The first-order chi connectivity index (χ1) is 15.1. The van der Waals surface area contributed by atoms with E-state index in [9.17, 15) is 14.7 Å². The maximum Gasteiger partial charge on any atom is 0.332 e. The van der Waals surface area contributed by atoms with E-state index in [4.69, 9.17) is 0 Å². The van der Waals surface area contributed by atoms with Crippen molar-refractivity contribution in [3.05, 3.63) is 56.0 Å². The molecule has 174 valence electrons. The molecule has 0 fully saturated rings. The lowest BCUT2D eigenvalue weighted by molar-refractivity contribution is 0.454. The molecule has 1 aromatic carbocycles. The van der Waals surface area contributed by atoms with Gasteiger partial charge in [0.15, 0.2) is 11.2 Å². The molecular formula is C24H35N5O3. The van der Waals surface area contributed by atoms with Crippen LogP contribution in [0.25, 0.3) is 11.2 Å². The van der Waals surface area contributed by atoms with Crippen LogP contribution in [0.3, 0.4) is 0 Å². The highest BCUT2D eigenvalue weighted by molar-refractivity contribution is 5.69. The third kappa shape index (κ3) is 4.65. The minimum absolute atomic E-state index is 0.276. The average molecular weight is 442 g/mol. The summed E-state index contributed by atoms with van der Waals surface area (Å²) in [4.78, 5) is 28.8. The molecule has 0 unspecified atom stereocenters. The van der Waals surface area contributed by atoms with Gasteiger partial charge in [0.1, 0.15) is 5.75 Å². The topological polar surface area (TPSA) is 94.1 Å². The Morgan fingerprint density at radius 3 is 2.22 bits per heavy atom. The molecule has 0 amide bonds. The van der Waals surface area contributed by atoms with Gasteiger partial charge in [-0.25, -0.2) is 9.78 Å². The Hall–Kier alpha value is -2.87. The normalized spacial score (nSPS) is 11.9. The van der Waals surface area contributed by atoms with Crippen molar-refractivity contribution in [1.29, 1.82) is 0 Å². The fourth-order valence-corrected chi connectivity index (χ4v) is 4.07. The van der Waals surface area contributed by atoms with Gasteiger partial charge in [-0.15, -0.1) is 0 Å². The van der Waals surface area contributed by atoms with E-state index in [2.05, 4.69) is 50.1 Å². The van der Waals surface area contributed by atoms with Crippen molar-refractivity contribution in [2.75, 3.05) is 13.1 Å². The van der Waals surface area contributed by atoms with E-state index in [1.54, 1.807) is 13.4 Å². The van der Waals surface area contributed by atoms with Crippen molar-refractivity contribution in [1.82, 2.24) is 24.0 Å². The number of nitrogens with zero attached hydrogens (tertiary/aromatic N) is 4. The number of hydrogen-bond acceptors (Lipinski definition) is 5. The van der Waals surface area contributed by atoms with E-state index < -0.39 is 0 Å². The number of imidazole rings is 1. The van der Waals surface area contributed by atoms with Crippen LogP contribution in [-0.4, -0.2) is 36.9 Å². The molecule has 0 aliphatic rings. The Kier molecular flexibility index (Phi) is 7.23. The Bertz CT molecular complexity index is 1190. The highest BCUT2D eigenvalue weighted by atomic mass is 16.3. The van der Waals surface area contributed by atoms with Crippen molar-refractivity contribution in [3.63, 3.8) is 0 Å². The smallest absolute Gasteiger partial charge is 0.332 e. The SMILES string of the molecule is CC(C)c1cc(CCNCCCn2cnc3c2c(=O)n(C)c(=O)n3C)cc(C(C)C)c1O. The zero-order valence-corrected chi connectivity index (χ0v) is 20.0. The lowest BCUT2D eigenvalue weighted by Crippen LogP contribution is -2.37.